The van der Waals surface area contributed by atoms with E-state index < -0.39 is 12.0 Å². The normalized spacial score (nSPS) is 20.4. The van der Waals surface area contributed by atoms with Gasteiger partial charge in [-0.05, 0) is 11.6 Å². The number of nitrogens with zero attached hydrogens (tertiary/aromatic N) is 1. The molecule has 5 heteroatoms. The summed E-state index contributed by atoms with van der Waals surface area (Å²) in [7, 11) is 0. The maximum Gasteiger partial charge on any atom is 0.305 e. The maximum absolute atomic E-state index is 13.9. The molecule has 1 aliphatic heterocycles. The molecule has 1 amide bonds. The number of benzene rings is 2. The third kappa shape index (κ3) is 3.30. The van der Waals surface area contributed by atoms with Crippen molar-refractivity contribution < 1.29 is 19.1 Å². The van der Waals surface area contributed by atoms with Crippen molar-refractivity contribution >= 4 is 11.9 Å². The molecule has 0 radical (unpaired) electrons. The van der Waals surface area contributed by atoms with E-state index >= 15 is 0 Å². The molecule has 0 spiro atoms. The molecule has 2 unspecified atom stereocenters. The number of rotatable bonds is 5. The molecule has 4 nitrogen and oxygen atoms in total. The summed E-state index contributed by atoms with van der Waals surface area (Å²) in [6.45, 7) is 0.0901. The number of carbonyl (C=O) groups excluding carboxylic acids is 1. The molecular weight excluding hydrogens is 309 g/mol. The zero-order chi connectivity index (χ0) is 17.1. The highest BCUT2D eigenvalue weighted by Crippen LogP contribution is 2.37. The van der Waals surface area contributed by atoms with E-state index in [0.29, 0.717) is 5.56 Å². The maximum atomic E-state index is 13.9. The van der Waals surface area contributed by atoms with Crippen molar-refractivity contribution in [3.05, 3.63) is 71.5 Å². The van der Waals surface area contributed by atoms with Gasteiger partial charge in [0, 0.05) is 30.5 Å². The number of hydrogen-bond donors (Lipinski definition) is 1. The fourth-order valence-corrected chi connectivity index (χ4v) is 3.33. The van der Waals surface area contributed by atoms with Crippen LogP contribution in [0.4, 0.5) is 4.39 Å². The summed E-state index contributed by atoms with van der Waals surface area (Å²) in [5, 5.41) is 9.25. The van der Waals surface area contributed by atoms with E-state index in [9.17, 15) is 19.1 Å². The zero-order valence-electron chi connectivity index (χ0n) is 13.1. The Morgan fingerprint density at radius 1 is 1.12 bits per heavy atom. The molecule has 0 bridgehead atoms. The molecule has 1 heterocycles. The number of halogens is 1. The Bertz CT molecular complexity index is 747. The van der Waals surface area contributed by atoms with Crippen LogP contribution in [0, 0.1) is 5.82 Å². The lowest BCUT2D eigenvalue weighted by molar-refractivity contribution is -0.139. The first-order chi connectivity index (χ1) is 11.6. The molecule has 24 heavy (non-hydrogen) atoms. The van der Waals surface area contributed by atoms with Gasteiger partial charge in [-0.1, -0.05) is 48.5 Å². The summed E-state index contributed by atoms with van der Waals surface area (Å²) in [5.41, 5.74) is 1.34. The van der Waals surface area contributed by atoms with Crippen molar-refractivity contribution in [2.24, 2.45) is 0 Å². The Hall–Kier alpha value is -2.69. The van der Waals surface area contributed by atoms with Crippen LogP contribution in [0.5, 0.6) is 0 Å². The van der Waals surface area contributed by atoms with Crippen molar-refractivity contribution in [1.29, 1.82) is 0 Å². The molecular formula is C19H18FNO3. The van der Waals surface area contributed by atoms with Gasteiger partial charge in [0.25, 0.3) is 0 Å². The number of likely N-dealkylation sites (tertiary alicyclic amines) is 1. The zero-order valence-corrected chi connectivity index (χ0v) is 13.1. The summed E-state index contributed by atoms with van der Waals surface area (Å²) in [5.74, 6) is -1.68. The number of carboxylic acid groups (broad SMARTS) is 1. The summed E-state index contributed by atoms with van der Waals surface area (Å²) in [6, 6.07) is 15.2. The topological polar surface area (TPSA) is 57.6 Å². The first kappa shape index (κ1) is 16.2. The van der Waals surface area contributed by atoms with Crippen LogP contribution in [0.1, 0.15) is 29.9 Å². The highest BCUT2D eigenvalue weighted by molar-refractivity contribution is 5.82. The Kier molecular flexibility index (Phi) is 4.60. The first-order valence-corrected chi connectivity index (χ1v) is 7.86. The lowest BCUT2D eigenvalue weighted by Gasteiger charge is -2.27. The molecule has 0 aromatic heterocycles. The lowest BCUT2D eigenvalue weighted by atomic mass is 9.90. The van der Waals surface area contributed by atoms with Crippen molar-refractivity contribution in [2.45, 2.75) is 31.3 Å². The second kappa shape index (κ2) is 6.83. The minimum atomic E-state index is -0.964. The Balaban J connectivity index is 1.90. The standard InChI is InChI=1S/C19H18FNO3/c20-16-9-5-4-8-14(16)12-21-17(11-19(23)24)15(10-18(21)22)13-6-2-1-3-7-13/h1-9,15,17H,10-12H2,(H,23,24). The minimum Gasteiger partial charge on any atom is -0.481 e. The molecule has 1 fully saturated rings. The Labute approximate surface area is 139 Å². The van der Waals surface area contributed by atoms with Gasteiger partial charge in [-0.2, -0.15) is 0 Å². The van der Waals surface area contributed by atoms with Crippen LogP contribution >= 0.6 is 0 Å². The number of aliphatic carboxylic acids is 1. The first-order valence-electron chi connectivity index (χ1n) is 7.86. The van der Waals surface area contributed by atoms with Crippen molar-refractivity contribution in [3.63, 3.8) is 0 Å². The van der Waals surface area contributed by atoms with Gasteiger partial charge in [-0.15, -0.1) is 0 Å². The molecule has 1 N–H and O–H groups in total. The average Bonchev–Trinajstić information content (AvgIpc) is 2.86. The number of carboxylic acids is 1. The third-order valence-corrected chi connectivity index (χ3v) is 4.49. The van der Waals surface area contributed by atoms with Gasteiger partial charge in [0.2, 0.25) is 5.91 Å². The quantitative estimate of drug-likeness (QED) is 0.917. The molecule has 0 aliphatic carbocycles. The van der Waals surface area contributed by atoms with E-state index in [2.05, 4.69) is 0 Å². The van der Waals surface area contributed by atoms with Crippen molar-refractivity contribution in [1.82, 2.24) is 4.90 Å². The second-order valence-electron chi connectivity index (χ2n) is 6.00. The molecule has 3 rings (SSSR count). The van der Waals surface area contributed by atoms with Gasteiger partial charge < -0.3 is 10.0 Å². The van der Waals surface area contributed by atoms with Gasteiger partial charge >= 0.3 is 5.97 Å². The Morgan fingerprint density at radius 3 is 2.46 bits per heavy atom. The summed E-state index contributed by atoms with van der Waals surface area (Å²) < 4.78 is 13.9. The molecule has 2 aromatic rings. The molecule has 0 saturated carbocycles. The smallest absolute Gasteiger partial charge is 0.305 e. The van der Waals surface area contributed by atoms with Crippen LogP contribution in [0.3, 0.4) is 0 Å². The van der Waals surface area contributed by atoms with E-state index in [1.807, 2.05) is 30.3 Å². The van der Waals surface area contributed by atoms with Crippen molar-refractivity contribution in [3.8, 4) is 0 Å². The van der Waals surface area contributed by atoms with Crippen LogP contribution < -0.4 is 0 Å². The number of amides is 1. The SMILES string of the molecule is O=C(O)CC1C(c2ccccc2)CC(=O)N1Cc1ccccc1F. The summed E-state index contributed by atoms with van der Waals surface area (Å²) in [6.07, 6.45) is 0.0934. The van der Waals surface area contributed by atoms with Crippen LogP contribution in [0.15, 0.2) is 54.6 Å². The minimum absolute atomic E-state index is 0.0901. The number of carbonyl (C=O) groups is 2. The monoisotopic (exact) mass is 327 g/mol. The van der Waals surface area contributed by atoms with E-state index in [4.69, 9.17) is 0 Å². The van der Waals surface area contributed by atoms with Gasteiger partial charge in [-0.3, -0.25) is 9.59 Å². The van der Waals surface area contributed by atoms with E-state index in [1.165, 1.54) is 11.0 Å². The van der Waals surface area contributed by atoms with Crippen LogP contribution in [0.2, 0.25) is 0 Å². The van der Waals surface area contributed by atoms with E-state index in [0.717, 1.165) is 5.56 Å². The molecule has 2 atom stereocenters. The largest absolute Gasteiger partial charge is 0.481 e. The highest BCUT2D eigenvalue weighted by Gasteiger charge is 2.41. The highest BCUT2D eigenvalue weighted by atomic mass is 19.1. The Morgan fingerprint density at radius 2 is 1.79 bits per heavy atom. The third-order valence-electron chi connectivity index (χ3n) is 4.49. The van der Waals surface area contributed by atoms with E-state index in [-0.39, 0.29) is 37.0 Å². The average molecular weight is 327 g/mol. The molecule has 2 aromatic carbocycles. The summed E-state index contributed by atoms with van der Waals surface area (Å²) >= 11 is 0. The lowest BCUT2D eigenvalue weighted by Crippen LogP contribution is -2.36. The molecule has 1 aliphatic rings. The predicted molar refractivity (Wildman–Crippen MR) is 86.8 cm³/mol. The van der Waals surface area contributed by atoms with Gasteiger partial charge in [0.15, 0.2) is 0 Å². The van der Waals surface area contributed by atoms with Crippen LogP contribution in [0.25, 0.3) is 0 Å². The van der Waals surface area contributed by atoms with Gasteiger partial charge in [0.05, 0.1) is 6.42 Å². The second-order valence-corrected chi connectivity index (χ2v) is 6.00. The van der Waals surface area contributed by atoms with Gasteiger partial charge in [-0.25, -0.2) is 4.39 Å². The molecule has 124 valence electrons. The fourth-order valence-electron chi connectivity index (χ4n) is 3.33. The fraction of sp³-hybridized carbons (Fsp3) is 0.263. The van der Waals surface area contributed by atoms with Crippen molar-refractivity contribution in [2.75, 3.05) is 0 Å². The van der Waals surface area contributed by atoms with Gasteiger partial charge in [0.1, 0.15) is 5.82 Å². The molecule has 1 saturated heterocycles. The van der Waals surface area contributed by atoms with E-state index in [1.54, 1.807) is 18.2 Å². The van der Waals surface area contributed by atoms with Crippen LogP contribution in [-0.2, 0) is 16.1 Å². The predicted octanol–water partition coefficient (Wildman–Crippen LogP) is 3.19. The number of hydrogen-bond acceptors (Lipinski definition) is 2. The van der Waals surface area contributed by atoms with Crippen LogP contribution in [-0.4, -0.2) is 27.9 Å². The summed E-state index contributed by atoms with van der Waals surface area (Å²) in [4.78, 5) is 25.3.